The molecule has 1 amide bonds. The number of carbonyl (C=O) groups excluding carboxylic acids is 2. The molecule has 0 N–H and O–H groups in total. The Morgan fingerprint density at radius 2 is 1.77 bits per heavy atom. The molecule has 0 radical (unpaired) electrons. The minimum absolute atomic E-state index is 0.0640. The van der Waals surface area contributed by atoms with E-state index in [-0.39, 0.29) is 19.1 Å². The number of esters is 1. The molecule has 1 heterocycles. The number of ether oxygens (including phenoxy) is 4. The van der Waals surface area contributed by atoms with Crippen LogP contribution in [0.2, 0.25) is 0 Å². The van der Waals surface area contributed by atoms with Gasteiger partial charge in [0.05, 0.1) is 26.5 Å². The summed E-state index contributed by atoms with van der Waals surface area (Å²) in [7, 11) is 2.86. The summed E-state index contributed by atoms with van der Waals surface area (Å²) in [6, 6.07) is 14.0. The van der Waals surface area contributed by atoms with E-state index in [1.165, 1.54) is 12.0 Å². The highest BCUT2D eigenvalue weighted by Crippen LogP contribution is 2.33. The normalized spacial score (nSPS) is 15.5. The minimum Gasteiger partial charge on any atom is -0.497 e. The number of nitrogens with zero attached hydrogens (tertiary/aromatic N) is 1. The van der Waals surface area contributed by atoms with Gasteiger partial charge in [-0.2, -0.15) is 0 Å². The molecule has 0 fully saturated rings. The van der Waals surface area contributed by atoms with Crippen molar-refractivity contribution < 1.29 is 28.5 Å². The molecule has 2 aromatic carbocycles. The maximum Gasteiger partial charge on any atom is 0.348 e. The molecule has 0 spiro atoms. The summed E-state index contributed by atoms with van der Waals surface area (Å²) in [6.45, 7) is -0.108. The Kier molecular flexibility index (Phi) is 5.26. The summed E-state index contributed by atoms with van der Waals surface area (Å²) in [5, 5.41) is 0. The maximum absolute atomic E-state index is 12.7. The second-order valence-corrected chi connectivity index (χ2v) is 5.57. The molecule has 26 heavy (non-hydrogen) atoms. The van der Waals surface area contributed by atoms with E-state index < -0.39 is 12.1 Å². The molecule has 0 aromatic heterocycles. The highest BCUT2D eigenvalue weighted by atomic mass is 16.6. The lowest BCUT2D eigenvalue weighted by atomic mass is 10.2. The van der Waals surface area contributed by atoms with Gasteiger partial charge in [-0.15, -0.1) is 0 Å². The number of fused-ring (bicyclic) bond motifs is 1. The molecule has 0 aliphatic carbocycles. The van der Waals surface area contributed by atoms with Crippen molar-refractivity contribution in [2.45, 2.75) is 6.10 Å². The molecular weight excluding hydrogens is 338 g/mol. The van der Waals surface area contributed by atoms with E-state index in [1.807, 2.05) is 0 Å². The first-order valence-electron chi connectivity index (χ1n) is 8.03. The average molecular weight is 357 g/mol. The standard InChI is InChI=1S/C19H19NO6/c1-23-13-7-9-14(10-8-13)25-12-18(21)20-11-17(19(22)24-2)26-16-6-4-3-5-15(16)20/h3-10,17H,11-12H2,1-2H3/t17-/m0/s1. The third-order valence-corrected chi connectivity index (χ3v) is 3.96. The summed E-state index contributed by atoms with van der Waals surface area (Å²) in [5.41, 5.74) is 0.594. The number of anilines is 1. The van der Waals surface area contributed by atoms with E-state index in [2.05, 4.69) is 0 Å². The summed E-state index contributed by atoms with van der Waals surface area (Å²) >= 11 is 0. The van der Waals surface area contributed by atoms with Gasteiger partial charge >= 0.3 is 5.97 Å². The highest BCUT2D eigenvalue weighted by Gasteiger charge is 2.34. The van der Waals surface area contributed by atoms with Crippen molar-refractivity contribution >= 4 is 17.6 Å². The van der Waals surface area contributed by atoms with Crippen molar-refractivity contribution in [2.75, 3.05) is 32.3 Å². The number of carbonyl (C=O) groups is 2. The number of para-hydroxylation sites is 2. The fraction of sp³-hybridized carbons (Fsp3) is 0.263. The summed E-state index contributed by atoms with van der Waals surface area (Å²) < 4.78 is 21.0. The Morgan fingerprint density at radius 3 is 2.46 bits per heavy atom. The third-order valence-electron chi connectivity index (χ3n) is 3.96. The average Bonchev–Trinajstić information content (AvgIpc) is 2.70. The van der Waals surface area contributed by atoms with Crippen molar-refractivity contribution in [1.82, 2.24) is 0 Å². The first kappa shape index (κ1) is 17.6. The number of benzene rings is 2. The van der Waals surface area contributed by atoms with Gasteiger partial charge in [-0.3, -0.25) is 4.79 Å². The Bertz CT molecular complexity index is 789. The molecule has 1 aliphatic rings. The van der Waals surface area contributed by atoms with E-state index in [9.17, 15) is 9.59 Å². The van der Waals surface area contributed by atoms with E-state index in [1.54, 1.807) is 55.6 Å². The van der Waals surface area contributed by atoms with Gasteiger partial charge in [-0.1, -0.05) is 12.1 Å². The van der Waals surface area contributed by atoms with E-state index in [0.29, 0.717) is 22.9 Å². The van der Waals surface area contributed by atoms with Crippen LogP contribution < -0.4 is 19.1 Å². The second kappa shape index (κ2) is 7.77. The van der Waals surface area contributed by atoms with E-state index >= 15 is 0 Å². The summed E-state index contributed by atoms with van der Waals surface area (Å²) in [4.78, 5) is 26.0. The largest absolute Gasteiger partial charge is 0.497 e. The molecule has 2 aromatic rings. The Morgan fingerprint density at radius 1 is 1.08 bits per heavy atom. The van der Waals surface area contributed by atoms with Crippen molar-refractivity contribution in [2.24, 2.45) is 0 Å². The van der Waals surface area contributed by atoms with Gasteiger partial charge in [0.15, 0.2) is 6.61 Å². The molecule has 136 valence electrons. The van der Waals surface area contributed by atoms with Gasteiger partial charge in [0.25, 0.3) is 5.91 Å². The predicted molar refractivity (Wildman–Crippen MR) is 93.7 cm³/mol. The highest BCUT2D eigenvalue weighted by molar-refractivity contribution is 5.97. The lowest BCUT2D eigenvalue weighted by Crippen LogP contribution is -2.48. The Labute approximate surface area is 151 Å². The van der Waals surface area contributed by atoms with Crippen LogP contribution in [0, 0.1) is 0 Å². The van der Waals surface area contributed by atoms with E-state index in [0.717, 1.165) is 0 Å². The quantitative estimate of drug-likeness (QED) is 0.763. The minimum atomic E-state index is -0.875. The van der Waals surface area contributed by atoms with Crippen LogP contribution in [0.5, 0.6) is 17.2 Å². The number of rotatable bonds is 5. The molecule has 7 nitrogen and oxygen atoms in total. The molecular formula is C19H19NO6. The monoisotopic (exact) mass is 357 g/mol. The second-order valence-electron chi connectivity index (χ2n) is 5.57. The van der Waals surface area contributed by atoms with Crippen LogP contribution in [0.1, 0.15) is 0 Å². The first-order valence-corrected chi connectivity index (χ1v) is 8.03. The molecule has 7 heteroatoms. The lowest BCUT2D eigenvalue weighted by molar-refractivity contribution is -0.148. The van der Waals surface area contributed by atoms with Crippen molar-refractivity contribution in [1.29, 1.82) is 0 Å². The summed E-state index contributed by atoms with van der Waals surface area (Å²) in [5.74, 6) is 0.878. The van der Waals surface area contributed by atoms with Crippen LogP contribution in [0.15, 0.2) is 48.5 Å². The predicted octanol–water partition coefficient (Wildman–Crippen LogP) is 2.04. The Balaban J connectivity index is 1.73. The lowest BCUT2D eigenvalue weighted by Gasteiger charge is -2.33. The number of hydrogen-bond acceptors (Lipinski definition) is 6. The van der Waals surface area contributed by atoms with Crippen molar-refractivity contribution in [3.05, 3.63) is 48.5 Å². The Hall–Kier alpha value is -3.22. The van der Waals surface area contributed by atoms with Gasteiger partial charge in [0.2, 0.25) is 6.10 Å². The zero-order valence-electron chi connectivity index (χ0n) is 14.5. The van der Waals surface area contributed by atoms with Gasteiger partial charge in [-0.05, 0) is 36.4 Å². The zero-order valence-corrected chi connectivity index (χ0v) is 14.5. The number of amides is 1. The molecule has 1 aliphatic heterocycles. The third kappa shape index (κ3) is 3.72. The fourth-order valence-electron chi connectivity index (χ4n) is 2.62. The first-order chi connectivity index (χ1) is 12.6. The van der Waals surface area contributed by atoms with Crippen LogP contribution in [-0.4, -0.2) is 45.4 Å². The number of hydrogen-bond donors (Lipinski definition) is 0. The molecule has 1 atom stereocenters. The van der Waals surface area contributed by atoms with Gasteiger partial charge in [-0.25, -0.2) is 4.79 Å². The molecule has 3 rings (SSSR count). The van der Waals surface area contributed by atoms with E-state index in [4.69, 9.17) is 18.9 Å². The molecule has 0 saturated carbocycles. The molecule has 0 bridgehead atoms. The van der Waals surface area contributed by atoms with Crippen LogP contribution in [-0.2, 0) is 14.3 Å². The smallest absolute Gasteiger partial charge is 0.348 e. The van der Waals surface area contributed by atoms with Gasteiger partial charge < -0.3 is 23.8 Å². The van der Waals surface area contributed by atoms with Crippen molar-refractivity contribution in [3.63, 3.8) is 0 Å². The maximum atomic E-state index is 12.7. The van der Waals surface area contributed by atoms with Crippen LogP contribution in [0.25, 0.3) is 0 Å². The SMILES string of the molecule is COC(=O)[C@@H]1CN(C(=O)COc2ccc(OC)cc2)c2ccccc2O1. The van der Waals surface area contributed by atoms with Crippen molar-refractivity contribution in [3.8, 4) is 17.2 Å². The number of methoxy groups -OCH3 is 2. The van der Waals surface area contributed by atoms with Gasteiger partial charge in [0, 0.05) is 0 Å². The van der Waals surface area contributed by atoms with Crippen LogP contribution in [0.3, 0.4) is 0 Å². The summed E-state index contributed by atoms with van der Waals surface area (Å²) in [6.07, 6.45) is -0.875. The van der Waals surface area contributed by atoms with Crippen LogP contribution in [0.4, 0.5) is 5.69 Å². The van der Waals surface area contributed by atoms with Gasteiger partial charge in [0.1, 0.15) is 17.2 Å². The molecule has 0 unspecified atom stereocenters. The fourth-order valence-corrected chi connectivity index (χ4v) is 2.62. The zero-order chi connectivity index (χ0) is 18.5. The molecule has 0 saturated heterocycles. The van der Waals surface area contributed by atoms with Crippen LogP contribution >= 0.6 is 0 Å². The topological polar surface area (TPSA) is 74.3 Å².